The van der Waals surface area contributed by atoms with Gasteiger partial charge in [0, 0.05) is 4.91 Å². The van der Waals surface area contributed by atoms with E-state index in [0.29, 0.717) is 0 Å². The zero-order valence-electron chi connectivity index (χ0n) is 11.9. The van der Waals surface area contributed by atoms with Gasteiger partial charge in [-0.15, -0.1) is 25.3 Å². The van der Waals surface area contributed by atoms with E-state index in [1.165, 1.54) is 22.3 Å². The third-order valence-electron chi connectivity index (χ3n) is 4.85. The van der Waals surface area contributed by atoms with Crippen molar-refractivity contribution in [2.24, 2.45) is 5.41 Å². The van der Waals surface area contributed by atoms with E-state index in [4.69, 9.17) is 17.4 Å². The van der Waals surface area contributed by atoms with Crippen molar-refractivity contribution < 1.29 is 4.74 Å². The average molecular weight is 302 g/mol. The molecule has 1 aromatic carbocycles. The molecule has 4 rings (SSSR count). The Morgan fingerprint density at radius 2 is 1.90 bits per heavy atom. The molecule has 3 heteroatoms. The number of epoxide rings is 1. The lowest BCUT2D eigenvalue weighted by molar-refractivity contribution is 0.187. The standard InChI is InChI=1S/C17H18OS2/c1-15(2,3)16-13-8-10-6-4-5-7-11(10)12(13)9-14(19)17(16,20)18-16/h4-7,9,19-20H,8H2,1-3H3. The number of rotatable bonds is 0. The Morgan fingerprint density at radius 3 is 2.60 bits per heavy atom. The van der Waals surface area contributed by atoms with Crippen molar-refractivity contribution in [3.63, 3.8) is 0 Å². The van der Waals surface area contributed by atoms with E-state index in [2.05, 4.69) is 63.7 Å². The molecule has 1 aliphatic heterocycles. The summed E-state index contributed by atoms with van der Waals surface area (Å²) in [6.07, 6.45) is 3.11. The Bertz CT molecular complexity index is 695. The number of benzene rings is 1. The maximum absolute atomic E-state index is 6.24. The van der Waals surface area contributed by atoms with Crippen molar-refractivity contribution in [1.82, 2.24) is 0 Å². The predicted octanol–water partition coefficient (Wildman–Crippen LogP) is 4.26. The van der Waals surface area contributed by atoms with E-state index < -0.39 is 4.93 Å². The summed E-state index contributed by atoms with van der Waals surface area (Å²) in [4.78, 5) is 0.376. The molecule has 3 aliphatic rings. The zero-order chi connectivity index (χ0) is 14.3. The minimum Gasteiger partial charge on any atom is -0.340 e. The number of ether oxygens (including phenoxy) is 1. The molecule has 1 saturated heterocycles. The quantitative estimate of drug-likeness (QED) is 0.539. The van der Waals surface area contributed by atoms with E-state index in [9.17, 15) is 0 Å². The molecule has 1 nitrogen and oxygen atoms in total. The SMILES string of the molecule is CC(C)(C)C12OC1(S)C(S)=CC1=C2Cc2ccccc21. The van der Waals surface area contributed by atoms with Gasteiger partial charge in [0.25, 0.3) is 0 Å². The highest BCUT2D eigenvalue weighted by Crippen LogP contribution is 2.72. The van der Waals surface area contributed by atoms with Gasteiger partial charge in [-0.25, -0.2) is 0 Å². The van der Waals surface area contributed by atoms with Crippen LogP contribution in [0.15, 0.2) is 40.8 Å². The molecule has 0 bridgehead atoms. The summed E-state index contributed by atoms with van der Waals surface area (Å²) >= 11 is 9.49. The lowest BCUT2D eigenvalue weighted by atomic mass is 9.70. The summed E-state index contributed by atoms with van der Waals surface area (Å²) in [5.41, 5.74) is 5.03. The topological polar surface area (TPSA) is 12.5 Å². The molecule has 104 valence electrons. The minimum atomic E-state index is -0.546. The molecule has 2 aliphatic carbocycles. The fraction of sp³-hybridized carbons (Fsp3) is 0.412. The van der Waals surface area contributed by atoms with Gasteiger partial charge >= 0.3 is 0 Å². The largest absolute Gasteiger partial charge is 0.340 e. The number of fused-ring (bicyclic) bond motifs is 4. The second-order valence-corrected chi connectivity index (χ2v) is 8.04. The van der Waals surface area contributed by atoms with Crippen LogP contribution < -0.4 is 0 Å². The van der Waals surface area contributed by atoms with Crippen LogP contribution in [-0.4, -0.2) is 10.5 Å². The van der Waals surface area contributed by atoms with Gasteiger partial charge in [-0.3, -0.25) is 0 Å². The van der Waals surface area contributed by atoms with E-state index >= 15 is 0 Å². The Kier molecular flexibility index (Phi) is 2.33. The van der Waals surface area contributed by atoms with Gasteiger partial charge in [0.1, 0.15) is 5.60 Å². The van der Waals surface area contributed by atoms with Gasteiger partial charge in [-0.2, -0.15) is 0 Å². The molecule has 0 amide bonds. The number of allylic oxidation sites excluding steroid dienone is 2. The summed E-state index contributed by atoms with van der Waals surface area (Å²) in [5.74, 6) is 0. The van der Waals surface area contributed by atoms with Crippen LogP contribution in [0.2, 0.25) is 0 Å². The van der Waals surface area contributed by atoms with Crippen LogP contribution in [0.4, 0.5) is 0 Å². The number of thiol groups is 2. The van der Waals surface area contributed by atoms with E-state index in [1.807, 2.05) is 0 Å². The molecule has 1 heterocycles. The molecule has 1 aromatic rings. The Morgan fingerprint density at radius 1 is 1.20 bits per heavy atom. The molecule has 2 atom stereocenters. The summed E-state index contributed by atoms with van der Waals surface area (Å²) < 4.78 is 6.24. The molecular weight excluding hydrogens is 284 g/mol. The molecule has 0 N–H and O–H groups in total. The maximum atomic E-state index is 6.24. The van der Waals surface area contributed by atoms with Gasteiger partial charge in [0.15, 0.2) is 4.93 Å². The second kappa shape index (κ2) is 3.57. The van der Waals surface area contributed by atoms with Crippen LogP contribution >= 0.6 is 25.3 Å². The molecular formula is C17H18OS2. The highest BCUT2D eigenvalue weighted by atomic mass is 32.1. The van der Waals surface area contributed by atoms with Crippen molar-refractivity contribution in [2.75, 3.05) is 0 Å². The van der Waals surface area contributed by atoms with Gasteiger partial charge in [-0.1, -0.05) is 45.0 Å². The first-order chi connectivity index (χ1) is 9.31. The van der Waals surface area contributed by atoms with Crippen LogP contribution in [0.1, 0.15) is 31.9 Å². The smallest absolute Gasteiger partial charge is 0.176 e. The van der Waals surface area contributed by atoms with Crippen molar-refractivity contribution in [3.05, 3.63) is 51.9 Å². The Balaban J connectivity index is 1.97. The first kappa shape index (κ1) is 13.1. The van der Waals surface area contributed by atoms with Crippen molar-refractivity contribution in [2.45, 2.75) is 37.7 Å². The van der Waals surface area contributed by atoms with Gasteiger partial charge in [0.05, 0.1) is 0 Å². The fourth-order valence-electron chi connectivity index (χ4n) is 3.91. The molecule has 0 radical (unpaired) electrons. The van der Waals surface area contributed by atoms with Crippen LogP contribution in [0.5, 0.6) is 0 Å². The second-order valence-electron chi connectivity index (χ2n) is 6.93. The van der Waals surface area contributed by atoms with Crippen LogP contribution in [0.25, 0.3) is 5.57 Å². The van der Waals surface area contributed by atoms with Crippen molar-refractivity contribution in [3.8, 4) is 0 Å². The molecule has 0 aromatic heterocycles. The molecule has 2 unspecified atom stereocenters. The summed E-state index contributed by atoms with van der Waals surface area (Å²) in [5, 5.41) is 0. The van der Waals surface area contributed by atoms with Crippen LogP contribution in [-0.2, 0) is 11.2 Å². The Labute approximate surface area is 130 Å². The van der Waals surface area contributed by atoms with Crippen LogP contribution in [0, 0.1) is 5.41 Å². The van der Waals surface area contributed by atoms with Gasteiger partial charge in [-0.05, 0) is 40.2 Å². The molecule has 1 fully saturated rings. The summed E-state index contributed by atoms with van der Waals surface area (Å²) in [7, 11) is 0. The highest BCUT2D eigenvalue weighted by molar-refractivity contribution is 7.88. The van der Waals surface area contributed by atoms with Gasteiger partial charge < -0.3 is 4.74 Å². The zero-order valence-corrected chi connectivity index (χ0v) is 13.7. The minimum absolute atomic E-state index is 0.0143. The Hall–Kier alpha value is -0.640. The fourth-order valence-corrected chi connectivity index (χ4v) is 4.91. The number of hydrogen-bond acceptors (Lipinski definition) is 3. The lowest BCUT2D eigenvalue weighted by Gasteiger charge is -2.34. The lowest BCUT2D eigenvalue weighted by Crippen LogP contribution is -2.40. The highest BCUT2D eigenvalue weighted by Gasteiger charge is 2.77. The first-order valence-corrected chi connectivity index (χ1v) is 7.86. The molecule has 20 heavy (non-hydrogen) atoms. The molecule has 0 spiro atoms. The van der Waals surface area contributed by atoms with Crippen molar-refractivity contribution >= 4 is 30.8 Å². The van der Waals surface area contributed by atoms with E-state index in [-0.39, 0.29) is 11.0 Å². The summed E-state index contributed by atoms with van der Waals surface area (Å²) in [6, 6.07) is 8.60. The molecule has 0 saturated carbocycles. The monoisotopic (exact) mass is 302 g/mol. The van der Waals surface area contributed by atoms with Gasteiger partial charge in [0.2, 0.25) is 0 Å². The van der Waals surface area contributed by atoms with Crippen LogP contribution in [0.3, 0.4) is 0 Å². The van der Waals surface area contributed by atoms with Crippen molar-refractivity contribution in [1.29, 1.82) is 0 Å². The number of hydrogen-bond donors (Lipinski definition) is 2. The first-order valence-electron chi connectivity index (χ1n) is 6.97. The third-order valence-corrected chi connectivity index (χ3v) is 6.11. The predicted molar refractivity (Wildman–Crippen MR) is 89.1 cm³/mol. The normalized spacial score (nSPS) is 34.4. The summed E-state index contributed by atoms with van der Waals surface area (Å²) in [6.45, 7) is 6.68. The van der Waals surface area contributed by atoms with E-state index in [1.54, 1.807) is 0 Å². The third kappa shape index (κ3) is 1.28. The maximum Gasteiger partial charge on any atom is 0.176 e. The average Bonchev–Trinajstić information content (AvgIpc) is 2.90. The van der Waals surface area contributed by atoms with E-state index in [0.717, 1.165) is 11.3 Å².